The highest BCUT2D eigenvalue weighted by Crippen LogP contribution is 2.25. The van der Waals surface area contributed by atoms with Crippen LogP contribution in [0.3, 0.4) is 0 Å². The lowest BCUT2D eigenvalue weighted by Gasteiger charge is -2.26. The summed E-state index contributed by atoms with van der Waals surface area (Å²) in [5.74, 6) is 0. The van der Waals surface area contributed by atoms with E-state index in [0.29, 0.717) is 6.04 Å². The number of unbranched alkanes of at least 4 members (excludes halogenated alkanes) is 6. The maximum absolute atomic E-state index is 6.03. The molecule has 1 atom stereocenters. The lowest BCUT2D eigenvalue weighted by atomic mass is 10.0. The molecule has 2 rings (SSSR count). The van der Waals surface area contributed by atoms with Crippen molar-refractivity contribution in [1.29, 1.82) is 0 Å². The smallest absolute Gasteiger partial charge is 0.0244 e. The number of rotatable bonds is 10. The van der Waals surface area contributed by atoms with Crippen molar-refractivity contribution in [1.82, 2.24) is 4.90 Å². The van der Waals surface area contributed by atoms with Crippen molar-refractivity contribution in [3.05, 3.63) is 35.4 Å². The van der Waals surface area contributed by atoms with Gasteiger partial charge in [0.15, 0.2) is 0 Å². The molecule has 0 aliphatic carbocycles. The molecule has 0 saturated heterocycles. The van der Waals surface area contributed by atoms with Crippen molar-refractivity contribution in [2.75, 3.05) is 6.54 Å². The molecule has 1 heterocycles. The van der Waals surface area contributed by atoms with Crippen molar-refractivity contribution in [2.45, 2.75) is 77.4 Å². The third-order valence-electron chi connectivity index (χ3n) is 4.79. The van der Waals surface area contributed by atoms with Crippen LogP contribution < -0.4 is 5.73 Å². The first-order valence-electron chi connectivity index (χ1n) is 8.86. The van der Waals surface area contributed by atoms with Crippen molar-refractivity contribution in [2.24, 2.45) is 5.73 Å². The molecule has 118 valence electrons. The SMILES string of the molecule is CCCCCCCCCC(CN)N1Cc2ccccc2C1. The van der Waals surface area contributed by atoms with Crippen LogP contribution in [0, 0.1) is 0 Å². The molecule has 2 heteroatoms. The number of nitrogens with zero attached hydrogens (tertiary/aromatic N) is 1. The third-order valence-corrected chi connectivity index (χ3v) is 4.79. The van der Waals surface area contributed by atoms with E-state index < -0.39 is 0 Å². The molecular weight excluding hydrogens is 256 g/mol. The van der Waals surface area contributed by atoms with Crippen LogP contribution in [0.25, 0.3) is 0 Å². The molecule has 0 saturated carbocycles. The maximum atomic E-state index is 6.03. The highest BCUT2D eigenvalue weighted by molar-refractivity contribution is 5.30. The molecule has 0 spiro atoms. The van der Waals surface area contributed by atoms with Gasteiger partial charge in [-0.15, -0.1) is 0 Å². The number of nitrogens with two attached hydrogens (primary N) is 1. The molecule has 1 aromatic rings. The van der Waals surface area contributed by atoms with Crippen LogP contribution in [0.4, 0.5) is 0 Å². The zero-order chi connectivity index (χ0) is 14.9. The van der Waals surface area contributed by atoms with Gasteiger partial charge in [0.05, 0.1) is 0 Å². The van der Waals surface area contributed by atoms with E-state index in [4.69, 9.17) is 5.73 Å². The summed E-state index contributed by atoms with van der Waals surface area (Å²) in [7, 11) is 0. The lowest BCUT2D eigenvalue weighted by Crippen LogP contribution is -2.37. The van der Waals surface area contributed by atoms with E-state index in [0.717, 1.165) is 19.6 Å². The van der Waals surface area contributed by atoms with E-state index in [9.17, 15) is 0 Å². The van der Waals surface area contributed by atoms with Gasteiger partial charge in [-0.2, -0.15) is 0 Å². The topological polar surface area (TPSA) is 29.3 Å². The van der Waals surface area contributed by atoms with Gasteiger partial charge in [-0.05, 0) is 17.5 Å². The number of benzene rings is 1. The van der Waals surface area contributed by atoms with Gasteiger partial charge in [-0.3, -0.25) is 4.90 Å². The monoisotopic (exact) mass is 288 g/mol. The molecule has 0 radical (unpaired) electrons. The Morgan fingerprint density at radius 3 is 2.10 bits per heavy atom. The zero-order valence-corrected chi connectivity index (χ0v) is 13.7. The van der Waals surface area contributed by atoms with E-state index in [1.165, 1.54) is 62.5 Å². The summed E-state index contributed by atoms with van der Waals surface area (Å²) in [6.07, 6.45) is 10.9. The molecule has 1 unspecified atom stereocenters. The number of fused-ring (bicyclic) bond motifs is 1. The first kappa shape index (κ1) is 16.5. The van der Waals surface area contributed by atoms with Gasteiger partial charge >= 0.3 is 0 Å². The van der Waals surface area contributed by atoms with Crippen LogP contribution in [0.5, 0.6) is 0 Å². The lowest BCUT2D eigenvalue weighted by molar-refractivity contribution is 0.189. The third kappa shape index (κ3) is 5.12. The maximum Gasteiger partial charge on any atom is 0.0244 e. The molecule has 21 heavy (non-hydrogen) atoms. The molecule has 0 fully saturated rings. The summed E-state index contributed by atoms with van der Waals surface area (Å²) in [6.45, 7) is 5.26. The normalized spacial score (nSPS) is 16.1. The van der Waals surface area contributed by atoms with Crippen LogP contribution >= 0.6 is 0 Å². The Morgan fingerprint density at radius 2 is 1.52 bits per heavy atom. The molecule has 1 aliphatic rings. The van der Waals surface area contributed by atoms with E-state index in [1.807, 2.05) is 0 Å². The average Bonchev–Trinajstić information content (AvgIpc) is 2.94. The molecule has 2 N–H and O–H groups in total. The molecule has 1 aliphatic heterocycles. The highest BCUT2D eigenvalue weighted by atomic mass is 15.2. The fraction of sp³-hybridized carbons (Fsp3) is 0.684. The zero-order valence-electron chi connectivity index (χ0n) is 13.7. The van der Waals surface area contributed by atoms with Crippen LogP contribution in [0.2, 0.25) is 0 Å². The van der Waals surface area contributed by atoms with Crippen molar-refractivity contribution in [3.63, 3.8) is 0 Å². The summed E-state index contributed by atoms with van der Waals surface area (Å²) < 4.78 is 0. The Bertz CT molecular complexity index is 377. The second-order valence-corrected chi connectivity index (χ2v) is 6.47. The van der Waals surface area contributed by atoms with Crippen LogP contribution in [0.15, 0.2) is 24.3 Å². The molecular formula is C19H32N2. The minimum absolute atomic E-state index is 0.563. The summed E-state index contributed by atoms with van der Waals surface area (Å²) in [5, 5.41) is 0. The van der Waals surface area contributed by atoms with E-state index in [1.54, 1.807) is 0 Å². The standard InChI is InChI=1S/C19H32N2/c1-2-3-4-5-6-7-8-13-19(14-20)21-15-17-11-9-10-12-18(17)16-21/h9-12,19H,2-8,13-16,20H2,1H3. The fourth-order valence-electron chi connectivity index (χ4n) is 3.40. The first-order valence-corrected chi connectivity index (χ1v) is 8.86. The highest BCUT2D eigenvalue weighted by Gasteiger charge is 2.24. The fourth-order valence-corrected chi connectivity index (χ4v) is 3.40. The van der Waals surface area contributed by atoms with Gasteiger partial charge in [0.2, 0.25) is 0 Å². The van der Waals surface area contributed by atoms with Crippen molar-refractivity contribution < 1.29 is 0 Å². The number of hydrogen-bond acceptors (Lipinski definition) is 2. The summed E-state index contributed by atoms with van der Waals surface area (Å²) in [5.41, 5.74) is 9.02. The summed E-state index contributed by atoms with van der Waals surface area (Å²) in [4.78, 5) is 2.57. The van der Waals surface area contributed by atoms with Crippen LogP contribution in [-0.4, -0.2) is 17.5 Å². The molecule has 1 aromatic carbocycles. The summed E-state index contributed by atoms with van der Waals surface area (Å²) in [6, 6.07) is 9.38. The van der Waals surface area contributed by atoms with Crippen molar-refractivity contribution in [3.8, 4) is 0 Å². The van der Waals surface area contributed by atoms with E-state index in [2.05, 4.69) is 36.1 Å². The van der Waals surface area contributed by atoms with Crippen molar-refractivity contribution >= 4 is 0 Å². The van der Waals surface area contributed by atoms with Gasteiger partial charge in [0.1, 0.15) is 0 Å². The van der Waals surface area contributed by atoms with Gasteiger partial charge in [-0.1, -0.05) is 76.1 Å². The second kappa shape index (κ2) is 9.22. The Labute approximate surface area is 130 Å². The van der Waals surface area contributed by atoms with E-state index >= 15 is 0 Å². The Balaban J connectivity index is 1.65. The Morgan fingerprint density at radius 1 is 0.952 bits per heavy atom. The molecule has 2 nitrogen and oxygen atoms in total. The van der Waals surface area contributed by atoms with Gasteiger partial charge < -0.3 is 5.73 Å². The molecule has 0 amide bonds. The van der Waals surface area contributed by atoms with Gasteiger partial charge in [-0.25, -0.2) is 0 Å². The van der Waals surface area contributed by atoms with Crippen LogP contribution in [-0.2, 0) is 13.1 Å². The van der Waals surface area contributed by atoms with Gasteiger partial charge in [0.25, 0.3) is 0 Å². The predicted octanol–water partition coefficient (Wildman–Crippen LogP) is 4.47. The Kier molecular flexibility index (Phi) is 7.25. The van der Waals surface area contributed by atoms with Gasteiger partial charge in [0, 0.05) is 25.7 Å². The Hall–Kier alpha value is -0.860. The molecule has 0 bridgehead atoms. The van der Waals surface area contributed by atoms with E-state index in [-0.39, 0.29) is 0 Å². The molecule has 0 aromatic heterocycles. The summed E-state index contributed by atoms with van der Waals surface area (Å²) >= 11 is 0. The average molecular weight is 288 g/mol. The van der Waals surface area contributed by atoms with Crippen LogP contribution in [0.1, 0.15) is 69.4 Å². The largest absolute Gasteiger partial charge is 0.329 e. The second-order valence-electron chi connectivity index (χ2n) is 6.47. The first-order chi connectivity index (χ1) is 10.3. The minimum atomic E-state index is 0.563. The number of hydrogen-bond donors (Lipinski definition) is 1. The quantitative estimate of drug-likeness (QED) is 0.644. The minimum Gasteiger partial charge on any atom is -0.329 e. The predicted molar refractivity (Wildman–Crippen MR) is 91.1 cm³/mol.